The van der Waals surface area contributed by atoms with Gasteiger partial charge in [0.1, 0.15) is 17.9 Å². The molecule has 214 valence electrons. The number of ether oxygens (including phenoxy) is 1. The van der Waals surface area contributed by atoms with Crippen LogP contribution in [0.25, 0.3) is 0 Å². The van der Waals surface area contributed by atoms with Crippen molar-refractivity contribution in [3.05, 3.63) is 59.3 Å². The zero-order chi connectivity index (χ0) is 28.8. The van der Waals surface area contributed by atoms with Gasteiger partial charge in [-0.2, -0.15) is 0 Å². The number of nitrogens with one attached hydrogen (secondary N) is 3. The zero-order valence-corrected chi connectivity index (χ0v) is 23.4. The van der Waals surface area contributed by atoms with E-state index < -0.39 is 24.1 Å². The summed E-state index contributed by atoms with van der Waals surface area (Å²) in [5.41, 5.74) is 8.14. The van der Waals surface area contributed by atoms with Crippen LogP contribution in [0.15, 0.2) is 42.6 Å². The number of aryl methyl sites for hydroxylation is 1. The van der Waals surface area contributed by atoms with E-state index in [1.54, 1.807) is 12.1 Å². The second-order valence-corrected chi connectivity index (χ2v) is 10.2. The summed E-state index contributed by atoms with van der Waals surface area (Å²) >= 11 is 0. The van der Waals surface area contributed by atoms with Gasteiger partial charge in [-0.1, -0.05) is 69.5 Å². The van der Waals surface area contributed by atoms with E-state index in [1.807, 2.05) is 45.0 Å². The number of aromatic nitrogens is 1. The fraction of sp³-hybridized carbons (Fsp3) is 0.517. The number of aliphatic carboxylic acids is 1. The van der Waals surface area contributed by atoms with Crippen LogP contribution in [0.2, 0.25) is 0 Å². The molecule has 0 radical (unpaired) electrons. The molecule has 0 saturated heterocycles. The smallest absolute Gasteiger partial charge is 0.326 e. The largest absolute Gasteiger partial charge is 0.480 e. The van der Waals surface area contributed by atoms with Gasteiger partial charge in [0.25, 0.3) is 0 Å². The highest BCUT2D eigenvalue weighted by atomic mass is 16.5. The van der Waals surface area contributed by atoms with Crippen LogP contribution in [0.4, 0.5) is 10.6 Å². The molecule has 0 aliphatic carbocycles. The summed E-state index contributed by atoms with van der Waals surface area (Å²) in [5.74, 6) is -1.15. The molecule has 10 heteroatoms. The molecule has 0 aliphatic rings. The van der Waals surface area contributed by atoms with Gasteiger partial charge in [-0.3, -0.25) is 4.79 Å². The number of carboxylic acids is 1. The van der Waals surface area contributed by atoms with Crippen molar-refractivity contribution in [1.29, 1.82) is 0 Å². The number of benzene rings is 1. The monoisotopic (exact) mass is 541 g/mol. The Balaban J connectivity index is 2.11. The van der Waals surface area contributed by atoms with Crippen LogP contribution in [0.3, 0.4) is 0 Å². The molecule has 2 aromatic rings. The summed E-state index contributed by atoms with van der Waals surface area (Å²) in [6, 6.07) is 7.75. The highest BCUT2D eigenvalue weighted by Gasteiger charge is 2.27. The van der Waals surface area contributed by atoms with Crippen LogP contribution >= 0.6 is 0 Å². The Kier molecular flexibility index (Phi) is 13.2. The van der Waals surface area contributed by atoms with Crippen LogP contribution in [0.1, 0.15) is 56.7 Å². The van der Waals surface area contributed by atoms with Gasteiger partial charge in [0, 0.05) is 25.6 Å². The zero-order valence-electron chi connectivity index (χ0n) is 23.4. The Morgan fingerprint density at radius 3 is 2.18 bits per heavy atom. The molecule has 1 unspecified atom stereocenters. The van der Waals surface area contributed by atoms with Crippen molar-refractivity contribution in [2.45, 2.75) is 77.9 Å². The molecule has 3 amide bonds. The minimum Gasteiger partial charge on any atom is -0.480 e. The highest BCUT2D eigenvalue weighted by Crippen LogP contribution is 2.10. The molecule has 0 fully saturated rings. The van der Waals surface area contributed by atoms with Gasteiger partial charge in [-0.05, 0) is 36.5 Å². The average Bonchev–Trinajstić information content (AvgIpc) is 2.89. The van der Waals surface area contributed by atoms with Gasteiger partial charge in [-0.25, -0.2) is 14.6 Å². The Morgan fingerprint density at radius 2 is 1.59 bits per heavy atom. The third kappa shape index (κ3) is 11.7. The minimum absolute atomic E-state index is 0.00958. The number of rotatable bonds is 16. The molecule has 2 rings (SSSR count). The molecule has 0 bridgehead atoms. The minimum atomic E-state index is -1.22. The lowest BCUT2D eigenvalue weighted by Crippen LogP contribution is -2.56. The van der Waals surface area contributed by atoms with Gasteiger partial charge < -0.3 is 31.5 Å². The summed E-state index contributed by atoms with van der Waals surface area (Å²) in [5, 5.41) is 17.9. The van der Waals surface area contributed by atoms with Gasteiger partial charge >= 0.3 is 12.0 Å². The van der Waals surface area contributed by atoms with Crippen molar-refractivity contribution in [2.24, 2.45) is 5.92 Å². The summed E-state index contributed by atoms with van der Waals surface area (Å²) in [6.45, 7) is 9.09. The summed E-state index contributed by atoms with van der Waals surface area (Å²) in [7, 11) is 0. The molecule has 6 N–H and O–H groups in total. The average molecular weight is 542 g/mol. The van der Waals surface area contributed by atoms with Crippen molar-refractivity contribution in [2.75, 3.05) is 18.9 Å². The van der Waals surface area contributed by atoms with Crippen LogP contribution < -0.4 is 21.7 Å². The molecular formula is C29H43N5O5. The third-order valence-electron chi connectivity index (χ3n) is 6.40. The molecule has 1 aromatic heterocycles. The Hall–Kier alpha value is -3.66. The van der Waals surface area contributed by atoms with E-state index in [2.05, 4.69) is 27.9 Å². The van der Waals surface area contributed by atoms with E-state index in [1.165, 1.54) is 6.20 Å². The maximum absolute atomic E-state index is 13.4. The van der Waals surface area contributed by atoms with E-state index in [0.717, 1.165) is 30.4 Å². The van der Waals surface area contributed by atoms with Gasteiger partial charge in [-0.15, -0.1) is 0 Å². The number of anilines is 1. The van der Waals surface area contributed by atoms with Crippen molar-refractivity contribution < 1.29 is 24.2 Å². The Labute approximate surface area is 231 Å². The number of carbonyl (C=O) groups excluding carboxylic acids is 2. The van der Waals surface area contributed by atoms with E-state index in [0.29, 0.717) is 24.6 Å². The standard InChI is InChI=1S/C29H43N5O5/c1-5-6-7-14-39-18-25(19(2)3)32-27(35)23(15-21-10-8-20(4)9-11-21)33-29(38)34-24(28(36)37)16-22-12-13-26(30)31-17-22/h8-13,17,19,23-25H,5-7,14-16,18H2,1-4H3,(H2,30,31)(H,32,35)(H,36,37)(H2,33,34,38)/t23-,24?,25-/m1/s1. The van der Waals surface area contributed by atoms with E-state index in [4.69, 9.17) is 10.5 Å². The fourth-order valence-corrected chi connectivity index (χ4v) is 3.87. The normalized spacial score (nSPS) is 13.4. The molecule has 0 spiro atoms. The first-order valence-electron chi connectivity index (χ1n) is 13.5. The molecule has 10 nitrogen and oxygen atoms in total. The number of nitrogens with zero attached hydrogens (tertiary/aromatic N) is 1. The van der Waals surface area contributed by atoms with Crippen LogP contribution in [-0.4, -0.2) is 59.3 Å². The number of unbranched alkanes of at least 4 members (excludes halogenated alkanes) is 2. The highest BCUT2D eigenvalue weighted by molar-refractivity contribution is 5.89. The SMILES string of the molecule is CCCCCOC[C@@H](NC(=O)[C@@H](Cc1ccc(C)cc1)NC(=O)NC(Cc1ccc(N)nc1)C(=O)O)C(C)C. The van der Waals surface area contributed by atoms with E-state index >= 15 is 0 Å². The number of carboxylic acid groups (broad SMARTS) is 1. The summed E-state index contributed by atoms with van der Waals surface area (Å²) < 4.78 is 5.80. The predicted molar refractivity (Wildman–Crippen MR) is 151 cm³/mol. The van der Waals surface area contributed by atoms with Gasteiger partial charge in [0.05, 0.1) is 12.6 Å². The first-order valence-corrected chi connectivity index (χ1v) is 13.5. The van der Waals surface area contributed by atoms with Crippen molar-refractivity contribution >= 4 is 23.7 Å². The third-order valence-corrected chi connectivity index (χ3v) is 6.40. The van der Waals surface area contributed by atoms with E-state index in [9.17, 15) is 19.5 Å². The lowest BCUT2D eigenvalue weighted by Gasteiger charge is -2.26. The summed E-state index contributed by atoms with van der Waals surface area (Å²) in [4.78, 5) is 42.1. The quantitative estimate of drug-likeness (QED) is 0.204. The Morgan fingerprint density at radius 1 is 0.949 bits per heavy atom. The van der Waals surface area contributed by atoms with Gasteiger partial charge in [0.15, 0.2) is 0 Å². The number of nitrogens with two attached hydrogens (primary N) is 1. The van der Waals surface area contributed by atoms with Crippen molar-refractivity contribution in [3.63, 3.8) is 0 Å². The second kappa shape index (κ2) is 16.3. The summed E-state index contributed by atoms with van der Waals surface area (Å²) in [6.07, 6.45) is 4.86. The number of carbonyl (C=O) groups is 3. The maximum atomic E-state index is 13.4. The van der Waals surface area contributed by atoms with Crippen LogP contribution in [0, 0.1) is 12.8 Å². The Bertz CT molecular complexity index is 1040. The lowest BCUT2D eigenvalue weighted by atomic mass is 10.0. The van der Waals surface area contributed by atoms with Gasteiger partial charge in [0.2, 0.25) is 5.91 Å². The lowest BCUT2D eigenvalue weighted by molar-refractivity contribution is -0.139. The molecule has 1 heterocycles. The maximum Gasteiger partial charge on any atom is 0.326 e. The number of hydrogen-bond donors (Lipinski definition) is 5. The first kappa shape index (κ1) is 31.6. The fourth-order valence-electron chi connectivity index (χ4n) is 3.87. The topological polar surface area (TPSA) is 156 Å². The molecular weight excluding hydrogens is 498 g/mol. The van der Waals surface area contributed by atoms with Crippen molar-refractivity contribution in [3.8, 4) is 0 Å². The predicted octanol–water partition coefficient (Wildman–Crippen LogP) is 3.23. The number of amides is 3. The van der Waals surface area contributed by atoms with Crippen LogP contribution in [-0.2, 0) is 27.2 Å². The van der Waals surface area contributed by atoms with Crippen molar-refractivity contribution in [1.82, 2.24) is 20.9 Å². The number of urea groups is 1. The number of hydrogen-bond acceptors (Lipinski definition) is 6. The molecule has 0 saturated carbocycles. The number of nitrogen functional groups attached to an aromatic ring is 1. The molecule has 39 heavy (non-hydrogen) atoms. The molecule has 3 atom stereocenters. The second-order valence-electron chi connectivity index (χ2n) is 10.2. The van der Waals surface area contributed by atoms with E-state index in [-0.39, 0.29) is 30.7 Å². The molecule has 0 aliphatic heterocycles. The first-order chi connectivity index (χ1) is 18.6. The van der Waals surface area contributed by atoms with Crippen LogP contribution in [0.5, 0.6) is 0 Å². The molecule has 1 aromatic carbocycles. The number of pyridine rings is 1.